The Labute approximate surface area is 163 Å². The number of hydrogen-bond acceptors (Lipinski definition) is 5. The van der Waals surface area contributed by atoms with E-state index >= 15 is 0 Å². The van der Waals surface area contributed by atoms with Crippen LogP contribution in [0.1, 0.15) is 17.2 Å². The molecule has 0 saturated carbocycles. The average molecular weight is 403 g/mol. The van der Waals surface area contributed by atoms with Crippen molar-refractivity contribution < 1.29 is 27.8 Å². The fourth-order valence-electron chi connectivity index (χ4n) is 3.22. The summed E-state index contributed by atoms with van der Waals surface area (Å²) in [6, 6.07) is 10.4. The van der Waals surface area contributed by atoms with Crippen LogP contribution in [0.2, 0.25) is 0 Å². The zero-order valence-electron chi connectivity index (χ0n) is 15.7. The Morgan fingerprint density at radius 1 is 1.07 bits per heavy atom. The molecule has 1 unspecified atom stereocenters. The second-order valence-corrected chi connectivity index (χ2v) is 8.26. The molecule has 0 spiro atoms. The molecule has 8 heteroatoms. The summed E-state index contributed by atoms with van der Waals surface area (Å²) in [7, 11) is -0.955. The van der Waals surface area contributed by atoms with E-state index in [2.05, 4.69) is 0 Å². The highest BCUT2D eigenvalue weighted by Gasteiger charge is 2.40. The van der Waals surface area contributed by atoms with E-state index in [1.165, 1.54) is 36.7 Å². The van der Waals surface area contributed by atoms with Crippen molar-refractivity contribution in [2.75, 3.05) is 20.8 Å². The van der Waals surface area contributed by atoms with Crippen LogP contribution in [0.3, 0.4) is 0 Å². The molecule has 0 aromatic heterocycles. The molecule has 3 rings (SSSR count). The second-order valence-electron chi connectivity index (χ2n) is 6.37. The van der Waals surface area contributed by atoms with Crippen LogP contribution in [0, 0.1) is 6.92 Å². The van der Waals surface area contributed by atoms with Crippen molar-refractivity contribution in [2.45, 2.75) is 17.9 Å². The van der Waals surface area contributed by atoms with Crippen LogP contribution >= 0.6 is 0 Å². The van der Waals surface area contributed by atoms with Crippen molar-refractivity contribution in [3.05, 3.63) is 65.2 Å². The lowest BCUT2D eigenvalue weighted by Crippen LogP contribution is -2.33. The van der Waals surface area contributed by atoms with Crippen molar-refractivity contribution >= 4 is 16.0 Å². The van der Waals surface area contributed by atoms with Gasteiger partial charge in [0, 0.05) is 6.54 Å². The molecule has 0 amide bonds. The molecule has 0 saturated heterocycles. The monoisotopic (exact) mass is 403 g/mol. The number of aliphatic carboxylic acids is 1. The van der Waals surface area contributed by atoms with E-state index in [4.69, 9.17) is 9.47 Å². The molecular formula is C20H21NO6S. The molecule has 1 aliphatic heterocycles. The molecule has 1 N–H and O–H groups in total. The summed E-state index contributed by atoms with van der Waals surface area (Å²) in [5.41, 5.74) is 1.42. The molecule has 1 atom stereocenters. The Morgan fingerprint density at radius 3 is 2.29 bits per heavy atom. The fourth-order valence-corrected chi connectivity index (χ4v) is 4.75. The lowest BCUT2D eigenvalue weighted by molar-refractivity contribution is -0.133. The second kappa shape index (κ2) is 7.65. The molecule has 2 aromatic rings. The van der Waals surface area contributed by atoms with Gasteiger partial charge >= 0.3 is 5.97 Å². The van der Waals surface area contributed by atoms with E-state index in [1.807, 2.05) is 6.92 Å². The molecular weight excluding hydrogens is 382 g/mol. The molecule has 0 fully saturated rings. The standard InChI is InChI=1S/C20H21NO6S/c1-13-4-7-15(8-5-13)28(24,25)21-11-10-16(20(22)23)19(21)14-6-9-17(26-2)18(12-14)27-3/h4-10,12,19H,11H2,1-3H3,(H,22,23). The number of carboxylic acid groups (broad SMARTS) is 1. The van der Waals surface area contributed by atoms with Crippen LogP contribution in [0.25, 0.3) is 0 Å². The Hall–Kier alpha value is -2.84. The Balaban J connectivity index is 2.10. The summed E-state index contributed by atoms with van der Waals surface area (Å²) in [5.74, 6) is -0.302. The first kappa shape index (κ1) is 19.9. The first-order valence-electron chi connectivity index (χ1n) is 8.53. The van der Waals surface area contributed by atoms with Crippen LogP contribution in [0.4, 0.5) is 0 Å². The third-order valence-corrected chi connectivity index (χ3v) is 6.52. The van der Waals surface area contributed by atoms with Gasteiger partial charge in [-0.25, -0.2) is 13.2 Å². The van der Waals surface area contributed by atoms with Crippen molar-refractivity contribution in [1.82, 2.24) is 4.31 Å². The van der Waals surface area contributed by atoms with Gasteiger partial charge in [-0.15, -0.1) is 0 Å². The molecule has 1 aliphatic rings. The molecule has 0 bridgehead atoms. The van der Waals surface area contributed by atoms with Crippen LogP contribution in [0.15, 0.2) is 59.0 Å². The maximum absolute atomic E-state index is 13.2. The highest BCUT2D eigenvalue weighted by Crippen LogP contribution is 2.40. The third kappa shape index (κ3) is 3.48. The lowest BCUT2D eigenvalue weighted by atomic mass is 10.0. The minimum absolute atomic E-state index is 0.00269. The number of rotatable bonds is 6. The summed E-state index contributed by atoms with van der Waals surface area (Å²) >= 11 is 0. The first-order valence-corrected chi connectivity index (χ1v) is 9.97. The number of carboxylic acids is 1. The van der Waals surface area contributed by atoms with Gasteiger partial charge in [0.15, 0.2) is 11.5 Å². The van der Waals surface area contributed by atoms with Gasteiger partial charge in [0.1, 0.15) is 0 Å². The van der Waals surface area contributed by atoms with Crippen molar-refractivity contribution in [2.24, 2.45) is 0 Å². The first-order chi connectivity index (χ1) is 13.3. The average Bonchev–Trinajstić information content (AvgIpc) is 3.14. The zero-order chi connectivity index (χ0) is 20.5. The molecule has 148 valence electrons. The number of aryl methyl sites for hydroxylation is 1. The van der Waals surface area contributed by atoms with Gasteiger partial charge in [-0.2, -0.15) is 4.31 Å². The zero-order valence-corrected chi connectivity index (χ0v) is 16.6. The molecule has 7 nitrogen and oxygen atoms in total. The van der Waals surface area contributed by atoms with Gasteiger partial charge in [0.25, 0.3) is 0 Å². The summed E-state index contributed by atoms with van der Waals surface area (Å²) in [6.45, 7) is 1.83. The van der Waals surface area contributed by atoms with Gasteiger partial charge in [-0.1, -0.05) is 29.8 Å². The predicted molar refractivity (Wildman–Crippen MR) is 103 cm³/mol. The minimum Gasteiger partial charge on any atom is -0.493 e. The van der Waals surface area contributed by atoms with E-state index < -0.39 is 22.0 Å². The largest absolute Gasteiger partial charge is 0.493 e. The summed E-state index contributed by atoms with van der Waals surface area (Å²) in [4.78, 5) is 11.9. The van der Waals surface area contributed by atoms with E-state index in [0.717, 1.165) is 5.56 Å². The van der Waals surface area contributed by atoms with Crippen LogP contribution < -0.4 is 9.47 Å². The molecule has 1 heterocycles. The fraction of sp³-hybridized carbons (Fsp3) is 0.250. The number of hydrogen-bond donors (Lipinski definition) is 1. The quantitative estimate of drug-likeness (QED) is 0.797. The van der Waals surface area contributed by atoms with Gasteiger partial charge in [-0.3, -0.25) is 0 Å². The van der Waals surface area contributed by atoms with Crippen LogP contribution in [-0.4, -0.2) is 44.6 Å². The third-order valence-electron chi connectivity index (χ3n) is 4.67. The Bertz CT molecular complexity index is 1030. The van der Waals surface area contributed by atoms with E-state index in [0.29, 0.717) is 17.1 Å². The highest BCUT2D eigenvalue weighted by atomic mass is 32.2. The van der Waals surface area contributed by atoms with Gasteiger partial charge in [0.05, 0.1) is 30.7 Å². The van der Waals surface area contributed by atoms with Gasteiger partial charge in [-0.05, 0) is 36.8 Å². The number of carbonyl (C=O) groups is 1. The maximum Gasteiger partial charge on any atom is 0.333 e. The van der Waals surface area contributed by atoms with E-state index in [9.17, 15) is 18.3 Å². The number of nitrogens with zero attached hydrogens (tertiary/aromatic N) is 1. The smallest absolute Gasteiger partial charge is 0.333 e. The summed E-state index contributed by atoms with van der Waals surface area (Å²) in [6.07, 6.45) is 1.43. The molecule has 0 aliphatic carbocycles. The molecule has 2 aromatic carbocycles. The topological polar surface area (TPSA) is 93.1 Å². The lowest BCUT2D eigenvalue weighted by Gasteiger charge is -2.26. The van der Waals surface area contributed by atoms with Gasteiger partial charge < -0.3 is 14.6 Å². The van der Waals surface area contributed by atoms with Crippen LogP contribution in [0.5, 0.6) is 11.5 Å². The summed E-state index contributed by atoms with van der Waals surface area (Å²) in [5, 5.41) is 9.62. The van der Waals surface area contributed by atoms with Crippen molar-refractivity contribution in [3.63, 3.8) is 0 Å². The summed E-state index contributed by atoms with van der Waals surface area (Å²) < 4.78 is 38.1. The van der Waals surface area contributed by atoms with Crippen molar-refractivity contribution in [3.8, 4) is 11.5 Å². The number of methoxy groups -OCH3 is 2. The van der Waals surface area contributed by atoms with E-state index in [1.54, 1.807) is 30.3 Å². The molecule has 28 heavy (non-hydrogen) atoms. The Kier molecular flexibility index (Phi) is 5.44. The number of benzene rings is 2. The van der Waals surface area contributed by atoms with E-state index in [-0.39, 0.29) is 17.0 Å². The molecule has 0 radical (unpaired) electrons. The number of sulfonamides is 1. The van der Waals surface area contributed by atoms with Crippen molar-refractivity contribution in [1.29, 1.82) is 0 Å². The van der Waals surface area contributed by atoms with Gasteiger partial charge in [0.2, 0.25) is 10.0 Å². The normalized spacial score (nSPS) is 17.2. The maximum atomic E-state index is 13.2. The van der Waals surface area contributed by atoms with Crippen LogP contribution in [-0.2, 0) is 14.8 Å². The predicted octanol–water partition coefficient (Wildman–Crippen LogP) is 2.77. The SMILES string of the molecule is COc1ccc(C2C(C(=O)O)=CCN2S(=O)(=O)c2ccc(C)cc2)cc1OC. The highest BCUT2D eigenvalue weighted by molar-refractivity contribution is 7.89. The number of ether oxygens (including phenoxy) is 2. The Morgan fingerprint density at radius 2 is 1.71 bits per heavy atom. The minimum atomic E-state index is -3.91.